The van der Waals surface area contributed by atoms with Crippen molar-refractivity contribution in [2.75, 3.05) is 49.9 Å². The first kappa shape index (κ1) is 31.2. The van der Waals surface area contributed by atoms with Gasteiger partial charge < -0.3 is 30.7 Å². The Morgan fingerprint density at radius 1 is 0.837 bits per heavy atom. The lowest BCUT2D eigenvalue weighted by Gasteiger charge is -2.55. The summed E-state index contributed by atoms with van der Waals surface area (Å²) in [5.74, 6) is 0.760. The molecule has 0 atom stereocenters. The molecule has 0 spiro atoms. The number of carbonyl (C=O) groups is 1. The Bertz CT molecular complexity index is 1970. The van der Waals surface area contributed by atoms with E-state index in [0.717, 1.165) is 91.6 Å². The number of nitrogens with two attached hydrogens (primary N) is 1. The molecule has 0 aliphatic carbocycles. The number of nitrogens with zero attached hydrogens (tertiary/aromatic N) is 7. The fourth-order valence-corrected chi connectivity index (χ4v) is 7.32. The number of hydrogen-bond donors (Lipinski definition) is 4. The molecule has 5 heterocycles. The van der Waals surface area contributed by atoms with E-state index in [1.807, 2.05) is 54.6 Å². The number of fused-ring (bicyclic) bond motifs is 1. The normalized spacial score (nSPS) is 18.1. The van der Waals surface area contributed by atoms with Gasteiger partial charge in [0.05, 0.1) is 17.0 Å². The molecule has 0 amide bonds. The number of aromatic nitrogens is 4. The molecule has 0 saturated carbocycles. The molecule has 13 nitrogen and oxygen atoms in total. The van der Waals surface area contributed by atoms with E-state index in [2.05, 4.69) is 29.3 Å². The first-order valence-corrected chi connectivity index (χ1v) is 16.6. The second-order valence-electron chi connectivity index (χ2n) is 13.1. The van der Waals surface area contributed by atoms with Crippen LogP contribution < -0.4 is 15.4 Å². The van der Waals surface area contributed by atoms with Gasteiger partial charge in [0.1, 0.15) is 29.3 Å². The number of carboxylic acids is 1. The van der Waals surface area contributed by atoms with Crippen molar-refractivity contribution in [3.8, 4) is 22.8 Å². The second-order valence-corrected chi connectivity index (χ2v) is 13.1. The average Bonchev–Trinajstić information content (AvgIpc) is 3.47. The third-order valence-corrected chi connectivity index (χ3v) is 10.2. The summed E-state index contributed by atoms with van der Waals surface area (Å²) in [4.78, 5) is 27.6. The van der Waals surface area contributed by atoms with E-state index in [1.54, 1.807) is 12.1 Å². The van der Waals surface area contributed by atoms with Crippen LogP contribution in [0.25, 0.3) is 22.3 Å². The summed E-state index contributed by atoms with van der Waals surface area (Å²) in [5.41, 5.74) is 9.58. The number of carboxylic acid groups (broad SMARTS) is 1. The van der Waals surface area contributed by atoms with Gasteiger partial charge >= 0.3 is 5.97 Å². The number of nitrogen functional groups attached to an aromatic ring is 1. The van der Waals surface area contributed by atoms with Crippen LogP contribution in [-0.2, 0) is 0 Å². The minimum Gasteiger partial charge on any atom is -0.478 e. The predicted molar refractivity (Wildman–Crippen MR) is 183 cm³/mol. The Labute approximate surface area is 282 Å². The van der Waals surface area contributed by atoms with Gasteiger partial charge in [-0.25, -0.2) is 19.4 Å². The molecule has 3 aliphatic rings. The molecule has 2 aromatic heterocycles. The fraction of sp³-hybridized carbons (Fsp3) is 0.333. The molecule has 3 fully saturated rings. The predicted octanol–water partition coefficient (Wildman–Crippen LogP) is 3.76. The zero-order valence-corrected chi connectivity index (χ0v) is 26.8. The molecule has 0 radical (unpaired) electrons. The van der Waals surface area contributed by atoms with Crippen LogP contribution in [0.2, 0.25) is 0 Å². The van der Waals surface area contributed by atoms with E-state index >= 15 is 0 Å². The number of benzene rings is 3. The fourth-order valence-electron chi connectivity index (χ4n) is 7.32. The number of hydrogen-bond acceptors (Lipinski definition) is 11. The lowest BCUT2D eigenvalue weighted by molar-refractivity contribution is -0.0432. The van der Waals surface area contributed by atoms with E-state index < -0.39 is 12.3 Å². The van der Waals surface area contributed by atoms with Gasteiger partial charge in [0.25, 0.3) is 0 Å². The molecule has 5 aromatic rings. The number of aliphatic hydroxyl groups is 2. The standard InChI is InChI=1S/C36H38N8O5/c37-33-31-32(22-6-9-28(10-7-22)49-27-4-2-1-3-5-27)40-44(34(31)39-21-38-33)23-12-14-41(15-13-23)25-17-43(18-25)26-19-42(20-26)24-8-11-29(35(45)46)30(16-24)36(47)48/h1-11,16,21,23,25-26,36,47-48H,12-15,17-20H2,(H,45,46)(H2,37,38,39). The van der Waals surface area contributed by atoms with Gasteiger partial charge in [0, 0.05) is 68.2 Å². The zero-order chi connectivity index (χ0) is 33.6. The maximum atomic E-state index is 11.4. The quantitative estimate of drug-likeness (QED) is 0.169. The minimum atomic E-state index is -1.83. The van der Waals surface area contributed by atoms with E-state index in [1.165, 1.54) is 12.4 Å². The maximum absolute atomic E-state index is 11.4. The monoisotopic (exact) mass is 662 g/mol. The average molecular weight is 663 g/mol. The van der Waals surface area contributed by atoms with Crippen LogP contribution in [-0.4, -0.2) is 102 Å². The van der Waals surface area contributed by atoms with Crippen molar-refractivity contribution in [3.05, 3.63) is 90.3 Å². The number of rotatable bonds is 9. The van der Waals surface area contributed by atoms with Crippen molar-refractivity contribution in [1.29, 1.82) is 0 Å². The summed E-state index contributed by atoms with van der Waals surface area (Å²) >= 11 is 0. The summed E-state index contributed by atoms with van der Waals surface area (Å²) in [6.07, 6.45) is 1.60. The summed E-state index contributed by atoms with van der Waals surface area (Å²) in [6, 6.07) is 23.4. The maximum Gasteiger partial charge on any atom is 0.336 e. The molecule has 5 N–H and O–H groups in total. The third kappa shape index (κ3) is 5.95. The lowest BCUT2D eigenvalue weighted by atomic mass is 9.95. The number of piperidine rings is 1. The molecule has 252 valence electrons. The Morgan fingerprint density at radius 2 is 1.53 bits per heavy atom. The molecular formula is C36H38N8O5. The molecule has 3 aliphatic heterocycles. The van der Waals surface area contributed by atoms with Gasteiger partial charge in [-0.1, -0.05) is 18.2 Å². The van der Waals surface area contributed by atoms with Crippen molar-refractivity contribution in [2.45, 2.75) is 37.3 Å². The largest absolute Gasteiger partial charge is 0.478 e. The molecule has 0 unspecified atom stereocenters. The Kier molecular flexibility index (Phi) is 8.12. The number of ether oxygens (including phenoxy) is 1. The smallest absolute Gasteiger partial charge is 0.336 e. The van der Waals surface area contributed by atoms with Crippen LogP contribution in [0.5, 0.6) is 11.5 Å². The zero-order valence-electron chi connectivity index (χ0n) is 26.8. The van der Waals surface area contributed by atoms with Crippen LogP contribution in [0.1, 0.15) is 41.1 Å². The highest BCUT2D eigenvalue weighted by atomic mass is 16.5. The van der Waals surface area contributed by atoms with Gasteiger partial charge in [-0.05, 0) is 67.4 Å². The van der Waals surface area contributed by atoms with Gasteiger partial charge in [-0.15, -0.1) is 0 Å². The summed E-state index contributed by atoms with van der Waals surface area (Å²) in [6.45, 7) is 5.64. The highest BCUT2D eigenvalue weighted by Gasteiger charge is 2.42. The first-order chi connectivity index (χ1) is 23.8. The van der Waals surface area contributed by atoms with Crippen molar-refractivity contribution >= 4 is 28.5 Å². The number of para-hydroxylation sites is 1. The van der Waals surface area contributed by atoms with Gasteiger partial charge in [-0.2, -0.15) is 5.10 Å². The molecule has 0 bridgehead atoms. The highest BCUT2D eigenvalue weighted by Crippen LogP contribution is 2.37. The molecule has 8 rings (SSSR count). The number of anilines is 2. The summed E-state index contributed by atoms with van der Waals surface area (Å²) in [5, 5.41) is 34.5. The Morgan fingerprint density at radius 3 is 2.22 bits per heavy atom. The molecular weight excluding hydrogens is 624 g/mol. The summed E-state index contributed by atoms with van der Waals surface area (Å²) in [7, 11) is 0. The topological polar surface area (TPSA) is 166 Å². The Hall–Kier alpha value is -5.08. The van der Waals surface area contributed by atoms with Crippen LogP contribution in [0.15, 0.2) is 79.1 Å². The van der Waals surface area contributed by atoms with Crippen LogP contribution in [0, 0.1) is 0 Å². The SMILES string of the molecule is Nc1ncnc2c1c(-c1ccc(Oc3ccccc3)cc1)nn2C1CCN(C2CN(C3CN(c4ccc(C(=O)O)c(C(O)O)c4)C3)C2)CC1. The Balaban J connectivity index is 0.879. The van der Waals surface area contributed by atoms with E-state index in [4.69, 9.17) is 15.6 Å². The van der Waals surface area contributed by atoms with Crippen molar-refractivity contribution < 1.29 is 24.9 Å². The number of aromatic carboxylic acids is 1. The number of likely N-dealkylation sites (tertiary alicyclic amines) is 2. The number of aliphatic hydroxyl groups excluding tert-OH is 1. The van der Waals surface area contributed by atoms with E-state index in [9.17, 15) is 20.1 Å². The van der Waals surface area contributed by atoms with Gasteiger partial charge in [-0.3, -0.25) is 9.80 Å². The van der Waals surface area contributed by atoms with Crippen LogP contribution >= 0.6 is 0 Å². The molecule has 3 aromatic carbocycles. The van der Waals surface area contributed by atoms with Gasteiger partial charge in [0.15, 0.2) is 11.9 Å². The van der Waals surface area contributed by atoms with Crippen molar-refractivity contribution in [1.82, 2.24) is 29.5 Å². The first-order valence-electron chi connectivity index (χ1n) is 16.6. The molecule has 13 heteroatoms. The third-order valence-electron chi connectivity index (χ3n) is 10.2. The van der Waals surface area contributed by atoms with Crippen molar-refractivity contribution in [3.63, 3.8) is 0 Å². The minimum absolute atomic E-state index is 0.0133. The van der Waals surface area contributed by atoms with E-state index in [-0.39, 0.29) is 17.2 Å². The van der Waals surface area contributed by atoms with E-state index in [0.29, 0.717) is 17.9 Å². The summed E-state index contributed by atoms with van der Waals surface area (Å²) < 4.78 is 8.03. The molecule has 49 heavy (non-hydrogen) atoms. The van der Waals surface area contributed by atoms with Gasteiger partial charge in [0.2, 0.25) is 0 Å². The van der Waals surface area contributed by atoms with Crippen LogP contribution in [0.3, 0.4) is 0 Å². The second kappa shape index (κ2) is 12.7. The molecule has 3 saturated heterocycles. The highest BCUT2D eigenvalue weighted by molar-refractivity contribution is 5.98. The lowest BCUT2D eigenvalue weighted by Crippen LogP contribution is -2.70. The van der Waals surface area contributed by atoms with Crippen molar-refractivity contribution in [2.24, 2.45) is 0 Å². The van der Waals surface area contributed by atoms with Crippen LogP contribution in [0.4, 0.5) is 11.5 Å².